The number of hydrogen-bond donors (Lipinski definition) is 2. The summed E-state index contributed by atoms with van der Waals surface area (Å²) in [6.07, 6.45) is 1.14. The van der Waals surface area contributed by atoms with Gasteiger partial charge in [0.1, 0.15) is 0 Å². The van der Waals surface area contributed by atoms with Crippen molar-refractivity contribution >= 4 is 35.3 Å². The molecule has 0 radical (unpaired) electrons. The molecular weight excluding hydrogens is 256 g/mol. The van der Waals surface area contributed by atoms with Gasteiger partial charge in [0.15, 0.2) is 0 Å². The molecule has 1 atom stereocenters. The summed E-state index contributed by atoms with van der Waals surface area (Å²) < 4.78 is 0. The fourth-order valence-corrected chi connectivity index (χ4v) is 3.02. The van der Waals surface area contributed by atoms with Crippen LogP contribution < -0.4 is 10.6 Å². The summed E-state index contributed by atoms with van der Waals surface area (Å²) in [4.78, 5) is 21.2. The molecule has 0 fully saturated rings. The van der Waals surface area contributed by atoms with E-state index in [2.05, 4.69) is 17.6 Å². The van der Waals surface area contributed by atoms with Crippen LogP contribution in [0.15, 0.2) is 0 Å². The van der Waals surface area contributed by atoms with Crippen molar-refractivity contribution < 1.29 is 9.59 Å². The number of rotatable bonds is 9. The smallest absolute Gasteiger partial charge is 0.217 e. The van der Waals surface area contributed by atoms with Gasteiger partial charge in [0, 0.05) is 13.8 Å². The molecule has 0 aromatic rings. The Hall–Kier alpha value is -0.360. The molecule has 6 heteroatoms. The molecule has 2 amide bonds. The Kier molecular flexibility index (Phi) is 10.5. The minimum Gasteiger partial charge on any atom is -0.347 e. The predicted molar refractivity (Wildman–Crippen MR) is 76.1 cm³/mol. The summed E-state index contributed by atoms with van der Waals surface area (Å²) in [5.41, 5.74) is 0. The molecule has 4 nitrogen and oxygen atoms in total. The van der Waals surface area contributed by atoms with Gasteiger partial charge in [-0.15, -0.1) is 23.5 Å². The average Bonchev–Trinajstić information content (AvgIpc) is 2.23. The Labute approximate surface area is 112 Å². The van der Waals surface area contributed by atoms with E-state index < -0.39 is 0 Å². The van der Waals surface area contributed by atoms with Gasteiger partial charge in [-0.05, 0) is 23.8 Å². The van der Waals surface area contributed by atoms with E-state index in [1.165, 1.54) is 13.8 Å². The van der Waals surface area contributed by atoms with Crippen molar-refractivity contribution in [2.45, 2.75) is 27.2 Å². The molecule has 0 saturated heterocycles. The lowest BCUT2D eigenvalue weighted by Crippen LogP contribution is -2.20. The van der Waals surface area contributed by atoms with E-state index in [4.69, 9.17) is 0 Å². The van der Waals surface area contributed by atoms with Crippen molar-refractivity contribution in [2.24, 2.45) is 5.92 Å². The van der Waals surface area contributed by atoms with Gasteiger partial charge in [-0.3, -0.25) is 9.59 Å². The quantitative estimate of drug-likeness (QED) is 0.497. The van der Waals surface area contributed by atoms with E-state index in [1.54, 1.807) is 23.5 Å². The zero-order valence-electron chi connectivity index (χ0n) is 10.7. The third-order valence-electron chi connectivity index (χ3n) is 2.00. The molecule has 0 rings (SSSR count). The van der Waals surface area contributed by atoms with E-state index in [1.807, 2.05) is 0 Å². The van der Waals surface area contributed by atoms with Crippen LogP contribution in [0, 0.1) is 5.92 Å². The standard InChI is InChI=1S/C11H22N2O2S2/c1-9(6-17-8-13-11(3)15)4-5-16-7-12-10(2)14/h9H,4-8H2,1-3H3,(H,12,14)(H,13,15). The van der Waals surface area contributed by atoms with Crippen LogP contribution in [0.4, 0.5) is 0 Å². The summed E-state index contributed by atoms with van der Waals surface area (Å²) in [6.45, 7) is 5.27. The van der Waals surface area contributed by atoms with Gasteiger partial charge in [-0.25, -0.2) is 0 Å². The Morgan fingerprint density at radius 2 is 1.59 bits per heavy atom. The van der Waals surface area contributed by atoms with Gasteiger partial charge in [-0.2, -0.15) is 0 Å². The number of carbonyl (C=O) groups excluding carboxylic acids is 2. The van der Waals surface area contributed by atoms with Crippen molar-refractivity contribution in [3.63, 3.8) is 0 Å². The third-order valence-corrected chi connectivity index (χ3v) is 4.03. The van der Waals surface area contributed by atoms with Crippen LogP contribution in [0.25, 0.3) is 0 Å². The second-order valence-electron chi connectivity index (χ2n) is 3.93. The Morgan fingerprint density at radius 3 is 2.12 bits per heavy atom. The lowest BCUT2D eigenvalue weighted by molar-refractivity contribution is -0.119. The zero-order chi connectivity index (χ0) is 13.1. The average molecular weight is 278 g/mol. The van der Waals surface area contributed by atoms with Crippen LogP contribution >= 0.6 is 23.5 Å². The first-order valence-electron chi connectivity index (χ1n) is 5.66. The Morgan fingerprint density at radius 1 is 1.06 bits per heavy atom. The van der Waals surface area contributed by atoms with Crippen LogP contribution in [0.1, 0.15) is 27.2 Å². The molecule has 0 aromatic heterocycles. The number of carbonyl (C=O) groups is 2. The maximum Gasteiger partial charge on any atom is 0.217 e. The van der Waals surface area contributed by atoms with Crippen LogP contribution in [0.2, 0.25) is 0 Å². The fraction of sp³-hybridized carbons (Fsp3) is 0.818. The van der Waals surface area contributed by atoms with Crippen molar-refractivity contribution in [3.8, 4) is 0 Å². The van der Waals surface area contributed by atoms with Gasteiger partial charge < -0.3 is 10.6 Å². The maximum atomic E-state index is 10.6. The van der Waals surface area contributed by atoms with Crippen LogP contribution in [-0.2, 0) is 9.59 Å². The number of nitrogens with one attached hydrogen (secondary N) is 2. The predicted octanol–water partition coefficient (Wildman–Crippen LogP) is 1.67. The molecule has 1 unspecified atom stereocenters. The molecule has 0 heterocycles. The van der Waals surface area contributed by atoms with E-state index in [-0.39, 0.29) is 11.8 Å². The van der Waals surface area contributed by atoms with E-state index in [9.17, 15) is 9.59 Å². The molecule has 0 aromatic carbocycles. The molecule has 0 aliphatic rings. The van der Waals surface area contributed by atoms with E-state index in [0.29, 0.717) is 17.7 Å². The highest BCUT2D eigenvalue weighted by atomic mass is 32.2. The number of amides is 2. The summed E-state index contributed by atoms with van der Waals surface area (Å²) >= 11 is 3.49. The number of thioether (sulfide) groups is 2. The number of hydrogen-bond acceptors (Lipinski definition) is 4. The molecule has 0 aliphatic heterocycles. The molecular formula is C11H22N2O2S2. The molecule has 0 saturated carbocycles. The highest BCUT2D eigenvalue weighted by molar-refractivity contribution is 7.99. The molecule has 100 valence electrons. The van der Waals surface area contributed by atoms with Gasteiger partial charge in [0.2, 0.25) is 11.8 Å². The highest BCUT2D eigenvalue weighted by Gasteiger charge is 2.02. The summed E-state index contributed by atoms with van der Waals surface area (Å²) in [5.74, 6) is 4.19. The second kappa shape index (κ2) is 10.8. The largest absolute Gasteiger partial charge is 0.347 e. The van der Waals surface area contributed by atoms with Gasteiger partial charge in [0.25, 0.3) is 0 Å². The first-order valence-corrected chi connectivity index (χ1v) is 7.97. The highest BCUT2D eigenvalue weighted by Crippen LogP contribution is 2.13. The Bertz CT molecular complexity index is 238. The lowest BCUT2D eigenvalue weighted by atomic mass is 10.2. The fourth-order valence-electron chi connectivity index (χ4n) is 1.01. The summed E-state index contributed by atoms with van der Waals surface area (Å²) in [5, 5.41) is 5.52. The minimum atomic E-state index is 0.0241. The van der Waals surface area contributed by atoms with Crippen molar-refractivity contribution in [3.05, 3.63) is 0 Å². The molecule has 0 aliphatic carbocycles. The molecule has 0 bridgehead atoms. The van der Waals surface area contributed by atoms with Crippen LogP contribution in [0.5, 0.6) is 0 Å². The topological polar surface area (TPSA) is 58.2 Å². The minimum absolute atomic E-state index is 0.0241. The molecule has 0 spiro atoms. The van der Waals surface area contributed by atoms with Crippen LogP contribution in [0.3, 0.4) is 0 Å². The summed E-state index contributed by atoms with van der Waals surface area (Å²) in [7, 11) is 0. The molecule has 2 N–H and O–H groups in total. The van der Waals surface area contributed by atoms with E-state index in [0.717, 1.165) is 17.9 Å². The first kappa shape index (κ1) is 16.6. The Balaban J connectivity index is 3.25. The first-order chi connectivity index (χ1) is 8.02. The second-order valence-corrected chi connectivity index (χ2v) is 6.06. The van der Waals surface area contributed by atoms with Gasteiger partial charge >= 0.3 is 0 Å². The summed E-state index contributed by atoms with van der Waals surface area (Å²) in [6, 6.07) is 0. The van der Waals surface area contributed by atoms with Crippen LogP contribution in [-0.4, -0.2) is 35.1 Å². The zero-order valence-corrected chi connectivity index (χ0v) is 12.4. The maximum absolute atomic E-state index is 10.6. The lowest BCUT2D eigenvalue weighted by Gasteiger charge is -2.10. The van der Waals surface area contributed by atoms with Gasteiger partial charge in [0.05, 0.1) is 11.8 Å². The normalized spacial score (nSPS) is 11.9. The van der Waals surface area contributed by atoms with Crippen molar-refractivity contribution in [1.82, 2.24) is 10.6 Å². The monoisotopic (exact) mass is 278 g/mol. The molecule has 17 heavy (non-hydrogen) atoms. The van der Waals surface area contributed by atoms with Crippen molar-refractivity contribution in [1.29, 1.82) is 0 Å². The van der Waals surface area contributed by atoms with Gasteiger partial charge in [-0.1, -0.05) is 6.92 Å². The van der Waals surface area contributed by atoms with Crippen molar-refractivity contribution in [2.75, 3.05) is 23.3 Å². The SMILES string of the molecule is CC(=O)NCSCCC(C)CSCNC(C)=O. The van der Waals surface area contributed by atoms with E-state index >= 15 is 0 Å². The third kappa shape index (κ3) is 13.6.